The average Bonchev–Trinajstić information content (AvgIpc) is 2.90. The van der Waals surface area contributed by atoms with Crippen LogP contribution in [0.3, 0.4) is 0 Å². The van der Waals surface area contributed by atoms with Crippen LogP contribution >= 0.6 is 11.8 Å². The Morgan fingerprint density at radius 1 is 1.26 bits per heavy atom. The van der Waals surface area contributed by atoms with Gasteiger partial charge in [0.1, 0.15) is 0 Å². The number of rotatable bonds is 3. The number of oxime groups is 1. The molecule has 124 valence electrons. The molecule has 1 aromatic rings. The van der Waals surface area contributed by atoms with E-state index in [9.17, 15) is 4.79 Å². The standard InChI is InChI=1S/C18H24N2O2S/c1-13-4-6-15(7-5-13)23-16-8-10-20(11-9-16)17(21)18(3)12-14(2)19-22-18/h4-7,16H,8-12H2,1-3H3/t18-/m1/s1. The van der Waals surface area contributed by atoms with E-state index in [1.54, 1.807) is 0 Å². The second-order valence-electron chi connectivity index (χ2n) is 6.75. The molecule has 3 rings (SSSR count). The average molecular weight is 332 g/mol. The molecule has 1 amide bonds. The van der Waals surface area contributed by atoms with E-state index in [-0.39, 0.29) is 5.91 Å². The maximum Gasteiger partial charge on any atom is 0.269 e. The maximum absolute atomic E-state index is 12.7. The molecule has 0 unspecified atom stereocenters. The highest BCUT2D eigenvalue weighted by atomic mass is 32.2. The van der Waals surface area contributed by atoms with Crippen molar-refractivity contribution in [3.05, 3.63) is 29.8 Å². The molecule has 0 spiro atoms. The quantitative estimate of drug-likeness (QED) is 0.849. The number of carbonyl (C=O) groups excluding carboxylic acids is 1. The lowest BCUT2D eigenvalue weighted by Crippen LogP contribution is -2.50. The van der Waals surface area contributed by atoms with Crippen LogP contribution in [0.1, 0.15) is 38.7 Å². The van der Waals surface area contributed by atoms with Gasteiger partial charge in [0.15, 0.2) is 0 Å². The minimum Gasteiger partial charge on any atom is -0.379 e. The van der Waals surface area contributed by atoms with Crippen molar-refractivity contribution in [3.8, 4) is 0 Å². The van der Waals surface area contributed by atoms with Crippen LogP contribution in [-0.2, 0) is 9.63 Å². The van der Waals surface area contributed by atoms with Gasteiger partial charge in [0.25, 0.3) is 5.91 Å². The lowest BCUT2D eigenvalue weighted by molar-refractivity contribution is -0.154. The third-order valence-corrected chi connectivity index (χ3v) is 5.85. The lowest BCUT2D eigenvalue weighted by atomic mass is 9.97. The number of benzene rings is 1. The van der Waals surface area contributed by atoms with Crippen molar-refractivity contribution in [1.29, 1.82) is 0 Å². The molecule has 0 radical (unpaired) electrons. The van der Waals surface area contributed by atoms with E-state index in [0.717, 1.165) is 31.6 Å². The van der Waals surface area contributed by atoms with Crippen LogP contribution in [0.5, 0.6) is 0 Å². The minimum atomic E-state index is -0.791. The second-order valence-corrected chi connectivity index (χ2v) is 8.12. The lowest BCUT2D eigenvalue weighted by Gasteiger charge is -2.35. The Kier molecular flexibility index (Phi) is 4.67. The van der Waals surface area contributed by atoms with Crippen molar-refractivity contribution in [3.63, 3.8) is 0 Å². The molecular weight excluding hydrogens is 308 g/mol. The van der Waals surface area contributed by atoms with E-state index < -0.39 is 5.60 Å². The van der Waals surface area contributed by atoms with Gasteiger partial charge in [0, 0.05) is 29.7 Å². The van der Waals surface area contributed by atoms with Crippen molar-refractivity contribution in [1.82, 2.24) is 4.90 Å². The Morgan fingerprint density at radius 3 is 2.48 bits per heavy atom. The van der Waals surface area contributed by atoms with Gasteiger partial charge < -0.3 is 9.74 Å². The third-order valence-electron chi connectivity index (χ3n) is 4.50. The van der Waals surface area contributed by atoms with Crippen LogP contribution in [0.25, 0.3) is 0 Å². The Bertz CT molecular complexity index is 606. The second kappa shape index (κ2) is 6.56. The normalized spacial score (nSPS) is 25.2. The summed E-state index contributed by atoms with van der Waals surface area (Å²) in [6.45, 7) is 7.47. The Morgan fingerprint density at radius 2 is 1.91 bits per heavy atom. The summed E-state index contributed by atoms with van der Waals surface area (Å²) in [4.78, 5) is 21.3. The number of hydrogen-bond acceptors (Lipinski definition) is 4. The van der Waals surface area contributed by atoms with Gasteiger partial charge in [0.05, 0.1) is 5.71 Å². The highest BCUT2D eigenvalue weighted by molar-refractivity contribution is 8.00. The number of carbonyl (C=O) groups is 1. The first-order valence-electron chi connectivity index (χ1n) is 8.21. The van der Waals surface area contributed by atoms with Gasteiger partial charge in [-0.1, -0.05) is 22.9 Å². The van der Waals surface area contributed by atoms with Crippen LogP contribution < -0.4 is 0 Å². The number of hydrogen-bond donors (Lipinski definition) is 0. The third kappa shape index (κ3) is 3.71. The van der Waals surface area contributed by atoms with Gasteiger partial charge in [-0.25, -0.2) is 0 Å². The summed E-state index contributed by atoms with van der Waals surface area (Å²) in [6, 6.07) is 8.68. The molecule has 5 heteroatoms. The SMILES string of the molecule is CC1=NO[C@@](C)(C(=O)N2CCC(Sc3ccc(C)cc3)CC2)C1. The zero-order valence-electron chi connectivity index (χ0n) is 14.0. The zero-order chi connectivity index (χ0) is 16.4. The Hall–Kier alpha value is -1.49. The molecule has 0 bridgehead atoms. The molecule has 0 aromatic heterocycles. The van der Waals surface area contributed by atoms with Crippen molar-refractivity contribution in [2.45, 2.75) is 55.8 Å². The van der Waals surface area contributed by atoms with E-state index in [4.69, 9.17) is 4.84 Å². The van der Waals surface area contributed by atoms with Crippen LogP contribution in [-0.4, -0.2) is 40.5 Å². The predicted octanol–water partition coefficient (Wildman–Crippen LogP) is 3.63. The fourth-order valence-electron chi connectivity index (χ4n) is 3.17. The van der Waals surface area contributed by atoms with E-state index in [0.29, 0.717) is 11.7 Å². The van der Waals surface area contributed by atoms with E-state index in [2.05, 4.69) is 36.3 Å². The molecule has 4 nitrogen and oxygen atoms in total. The maximum atomic E-state index is 12.7. The molecule has 2 aliphatic heterocycles. The highest BCUT2D eigenvalue weighted by Gasteiger charge is 2.44. The number of nitrogens with zero attached hydrogens (tertiary/aromatic N) is 2. The van der Waals surface area contributed by atoms with Crippen molar-refractivity contribution in [2.24, 2.45) is 5.16 Å². The van der Waals surface area contributed by atoms with Crippen molar-refractivity contribution < 1.29 is 9.63 Å². The monoisotopic (exact) mass is 332 g/mol. The summed E-state index contributed by atoms with van der Waals surface area (Å²) in [5.74, 6) is 0.0804. The summed E-state index contributed by atoms with van der Waals surface area (Å²) < 4.78 is 0. The summed E-state index contributed by atoms with van der Waals surface area (Å²) in [5, 5.41) is 4.53. The van der Waals surface area contributed by atoms with E-state index >= 15 is 0 Å². The molecule has 0 saturated carbocycles. The Labute approximate surface area is 142 Å². The number of piperidine rings is 1. The highest BCUT2D eigenvalue weighted by Crippen LogP contribution is 2.32. The van der Waals surface area contributed by atoms with Crippen molar-refractivity contribution >= 4 is 23.4 Å². The zero-order valence-corrected chi connectivity index (χ0v) is 14.9. The van der Waals surface area contributed by atoms with Crippen LogP contribution in [0, 0.1) is 6.92 Å². The molecule has 1 aromatic carbocycles. The summed E-state index contributed by atoms with van der Waals surface area (Å²) >= 11 is 1.93. The van der Waals surface area contributed by atoms with Gasteiger partial charge in [-0.3, -0.25) is 4.79 Å². The first kappa shape index (κ1) is 16.4. The molecular formula is C18H24N2O2S. The number of thioether (sulfide) groups is 1. The number of likely N-dealkylation sites (tertiary alicyclic amines) is 1. The van der Waals surface area contributed by atoms with Gasteiger partial charge in [-0.15, -0.1) is 11.8 Å². The first-order valence-corrected chi connectivity index (χ1v) is 9.08. The molecule has 2 aliphatic rings. The first-order chi connectivity index (χ1) is 11.0. The van der Waals surface area contributed by atoms with Gasteiger partial charge in [-0.05, 0) is 45.7 Å². The fraction of sp³-hybridized carbons (Fsp3) is 0.556. The Balaban J connectivity index is 1.52. The van der Waals surface area contributed by atoms with E-state index in [1.807, 2.05) is 30.5 Å². The molecule has 0 N–H and O–H groups in total. The predicted molar refractivity (Wildman–Crippen MR) is 93.9 cm³/mol. The summed E-state index contributed by atoms with van der Waals surface area (Å²) in [6.07, 6.45) is 2.66. The molecule has 23 heavy (non-hydrogen) atoms. The van der Waals surface area contributed by atoms with Crippen LogP contribution in [0.15, 0.2) is 34.3 Å². The summed E-state index contributed by atoms with van der Waals surface area (Å²) in [7, 11) is 0. The smallest absolute Gasteiger partial charge is 0.269 e. The molecule has 2 heterocycles. The van der Waals surface area contributed by atoms with Gasteiger partial charge >= 0.3 is 0 Å². The number of amides is 1. The van der Waals surface area contributed by atoms with Gasteiger partial charge in [-0.2, -0.15) is 0 Å². The minimum absolute atomic E-state index is 0.0804. The van der Waals surface area contributed by atoms with Gasteiger partial charge in [0.2, 0.25) is 5.60 Å². The number of aryl methyl sites for hydroxylation is 1. The topological polar surface area (TPSA) is 41.9 Å². The largest absolute Gasteiger partial charge is 0.379 e. The summed E-state index contributed by atoms with van der Waals surface area (Å²) in [5.41, 5.74) is 1.39. The molecule has 1 saturated heterocycles. The van der Waals surface area contributed by atoms with Crippen LogP contribution in [0.4, 0.5) is 0 Å². The van der Waals surface area contributed by atoms with Crippen LogP contribution in [0.2, 0.25) is 0 Å². The molecule has 1 fully saturated rings. The molecule has 0 aliphatic carbocycles. The van der Waals surface area contributed by atoms with Crippen molar-refractivity contribution in [2.75, 3.05) is 13.1 Å². The molecule has 1 atom stereocenters. The van der Waals surface area contributed by atoms with E-state index in [1.165, 1.54) is 10.5 Å². The fourth-order valence-corrected chi connectivity index (χ4v) is 4.29.